The lowest BCUT2D eigenvalue weighted by atomic mass is 9.99. The number of rotatable bonds is 44. The highest BCUT2D eigenvalue weighted by molar-refractivity contribution is 5.76. The Hall–Kier alpha value is -3.15. The summed E-state index contributed by atoms with van der Waals surface area (Å²) in [4.78, 5) is 13.0. The van der Waals surface area contributed by atoms with Crippen molar-refractivity contribution in [1.29, 1.82) is 0 Å². The summed E-state index contributed by atoms with van der Waals surface area (Å²) in [5, 5.41) is 54.4. The van der Waals surface area contributed by atoms with Gasteiger partial charge in [-0.3, -0.25) is 4.79 Å². The van der Waals surface area contributed by atoms with Crippen molar-refractivity contribution in [2.45, 2.75) is 243 Å². The molecular formula is C59H99NO8. The maximum Gasteiger partial charge on any atom is 0.220 e. The molecule has 0 aromatic rings. The topological polar surface area (TPSA) is 149 Å². The fourth-order valence-corrected chi connectivity index (χ4v) is 7.86. The molecule has 6 N–H and O–H groups in total. The van der Waals surface area contributed by atoms with Crippen molar-refractivity contribution in [3.63, 3.8) is 0 Å². The van der Waals surface area contributed by atoms with Crippen LogP contribution in [0, 0.1) is 0 Å². The van der Waals surface area contributed by atoms with Crippen molar-refractivity contribution in [1.82, 2.24) is 5.32 Å². The fraction of sp³-hybridized carbons (Fsp3) is 0.678. The van der Waals surface area contributed by atoms with E-state index in [1.54, 1.807) is 0 Å². The first kappa shape index (κ1) is 62.9. The highest BCUT2D eigenvalue weighted by Crippen LogP contribution is 2.23. The van der Waals surface area contributed by atoms with E-state index < -0.39 is 49.5 Å². The first-order valence-corrected chi connectivity index (χ1v) is 27.1. The molecule has 1 saturated heterocycles. The number of unbranched alkanes of at least 4 members (excludes halogenated alkanes) is 16. The van der Waals surface area contributed by atoms with Gasteiger partial charge in [-0.2, -0.15) is 0 Å². The van der Waals surface area contributed by atoms with E-state index >= 15 is 0 Å². The lowest BCUT2D eigenvalue weighted by Crippen LogP contribution is -2.60. The van der Waals surface area contributed by atoms with E-state index in [1.165, 1.54) is 57.8 Å². The molecule has 9 heteroatoms. The monoisotopic (exact) mass is 950 g/mol. The van der Waals surface area contributed by atoms with Gasteiger partial charge in [0.1, 0.15) is 24.4 Å². The number of amides is 1. The maximum absolute atomic E-state index is 13.0. The minimum Gasteiger partial charge on any atom is -0.394 e. The van der Waals surface area contributed by atoms with Gasteiger partial charge in [-0.25, -0.2) is 0 Å². The minimum absolute atomic E-state index is 0.153. The largest absolute Gasteiger partial charge is 0.394 e. The summed E-state index contributed by atoms with van der Waals surface area (Å²) in [6, 6.07) is -0.736. The van der Waals surface area contributed by atoms with Gasteiger partial charge in [-0.1, -0.05) is 220 Å². The molecule has 0 radical (unpaired) electrons. The molecular weight excluding hydrogens is 851 g/mol. The summed E-state index contributed by atoms with van der Waals surface area (Å²) in [6.07, 6.45) is 62.5. The highest BCUT2D eigenvalue weighted by atomic mass is 16.7. The fourth-order valence-electron chi connectivity index (χ4n) is 7.86. The Bertz CT molecular complexity index is 1430. The van der Waals surface area contributed by atoms with E-state index in [-0.39, 0.29) is 12.5 Å². The van der Waals surface area contributed by atoms with Gasteiger partial charge in [0.05, 0.1) is 25.4 Å². The second-order valence-corrected chi connectivity index (χ2v) is 18.3. The van der Waals surface area contributed by atoms with Crippen LogP contribution in [0.5, 0.6) is 0 Å². The first-order valence-electron chi connectivity index (χ1n) is 27.1. The Morgan fingerprint density at radius 2 is 0.912 bits per heavy atom. The molecule has 0 aliphatic carbocycles. The summed E-state index contributed by atoms with van der Waals surface area (Å²) in [5.74, 6) is -0.169. The molecule has 388 valence electrons. The van der Waals surface area contributed by atoms with Gasteiger partial charge >= 0.3 is 0 Å². The molecule has 1 amide bonds. The summed E-state index contributed by atoms with van der Waals surface area (Å²) in [6.45, 7) is 3.69. The van der Waals surface area contributed by atoms with Crippen LogP contribution in [-0.2, 0) is 14.3 Å². The average molecular weight is 950 g/mol. The summed E-state index contributed by atoms with van der Waals surface area (Å²) in [5.41, 5.74) is 0. The number of nitrogens with one attached hydrogen (secondary N) is 1. The predicted octanol–water partition coefficient (Wildman–Crippen LogP) is 13.0. The van der Waals surface area contributed by atoms with Gasteiger partial charge in [0.15, 0.2) is 6.29 Å². The number of carbonyl (C=O) groups is 1. The lowest BCUT2D eigenvalue weighted by molar-refractivity contribution is -0.302. The number of allylic oxidation sites excluding steroid dienone is 18. The molecule has 7 unspecified atom stereocenters. The third-order valence-corrected chi connectivity index (χ3v) is 12.1. The van der Waals surface area contributed by atoms with Crippen LogP contribution in [0.4, 0.5) is 0 Å². The molecule has 0 aromatic carbocycles. The number of aliphatic hydroxyl groups excluding tert-OH is 5. The lowest BCUT2D eigenvalue weighted by Gasteiger charge is -2.40. The van der Waals surface area contributed by atoms with E-state index in [0.717, 1.165) is 116 Å². The second-order valence-electron chi connectivity index (χ2n) is 18.3. The predicted molar refractivity (Wildman–Crippen MR) is 285 cm³/mol. The maximum atomic E-state index is 13.0. The zero-order valence-electron chi connectivity index (χ0n) is 42.8. The van der Waals surface area contributed by atoms with Crippen LogP contribution in [0.25, 0.3) is 0 Å². The van der Waals surface area contributed by atoms with Crippen LogP contribution >= 0.6 is 0 Å². The number of hydrogen-bond acceptors (Lipinski definition) is 8. The summed E-state index contributed by atoms with van der Waals surface area (Å²) in [7, 11) is 0. The van der Waals surface area contributed by atoms with Gasteiger partial charge in [0.25, 0.3) is 0 Å². The number of aliphatic hydroxyl groups is 5. The molecule has 0 aromatic heterocycles. The van der Waals surface area contributed by atoms with E-state index in [1.807, 2.05) is 0 Å². The van der Waals surface area contributed by atoms with Gasteiger partial charge < -0.3 is 40.3 Å². The Balaban J connectivity index is 2.22. The summed E-state index contributed by atoms with van der Waals surface area (Å²) >= 11 is 0. The van der Waals surface area contributed by atoms with E-state index in [9.17, 15) is 30.3 Å². The molecule has 1 aliphatic heterocycles. The molecule has 0 spiro atoms. The molecule has 0 saturated carbocycles. The molecule has 1 aliphatic rings. The molecule has 1 rings (SSSR count). The van der Waals surface area contributed by atoms with Gasteiger partial charge in [-0.15, -0.1) is 0 Å². The number of carbonyl (C=O) groups excluding carboxylic acids is 1. The quantitative estimate of drug-likeness (QED) is 0.0261. The third kappa shape index (κ3) is 36.8. The normalized spacial score (nSPS) is 20.5. The zero-order chi connectivity index (χ0) is 49.4. The smallest absolute Gasteiger partial charge is 0.220 e. The van der Waals surface area contributed by atoms with Gasteiger partial charge in [-0.05, 0) is 83.5 Å². The molecule has 9 nitrogen and oxygen atoms in total. The molecule has 68 heavy (non-hydrogen) atoms. The van der Waals surface area contributed by atoms with Crippen molar-refractivity contribution in [2.24, 2.45) is 0 Å². The van der Waals surface area contributed by atoms with E-state index in [4.69, 9.17) is 9.47 Å². The Kier molecular flexibility index (Phi) is 43.9. The molecule has 1 heterocycles. The van der Waals surface area contributed by atoms with Gasteiger partial charge in [0.2, 0.25) is 5.91 Å². The Labute approximate surface area is 415 Å². The minimum atomic E-state index is -1.56. The average Bonchev–Trinajstić information content (AvgIpc) is 3.34. The van der Waals surface area contributed by atoms with Crippen molar-refractivity contribution in [2.75, 3.05) is 13.2 Å². The van der Waals surface area contributed by atoms with Crippen LogP contribution in [0.15, 0.2) is 109 Å². The number of hydrogen-bond donors (Lipinski definition) is 6. The standard InChI is InChI=1S/C59H99NO8/c1-3-5-7-9-11-13-15-17-18-19-20-21-22-23-24-25-26-27-28-29-30-31-32-33-34-35-36-37-39-41-43-45-47-49-55(63)60-52(51-67-59-58(66)57(65)56(64)54(50-61)68-59)53(62)48-46-44-42-40-38-16-14-12-10-8-6-4-2/h5,7,11,13,17-18,20-21,23-24,26-27,29-30,32-33,35-36,52-54,56-59,61-62,64-66H,3-4,6,8-10,12,14-16,19,22,25,28,31,34,37-51H2,1-2H3,(H,60,63)/b7-5-,13-11-,18-17-,21-20-,24-23-,27-26-,30-29-,33-32-,36-35-. The zero-order valence-corrected chi connectivity index (χ0v) is 42.8. The van der Waals surface area contributed by atoms with Crippen molar-refractivity contribution in [3.05, 3.63) is 109 Å². The second kappa shape index (κ2) is 47.5. The van der Waals surface area contributed by atoms with Crippen LogP contribution in [0.1, 0.15) is 200 Å². The van der Waals surface area contributed by atoms with Crippen molar-refractivity contribution < 1.29 is 39.8 Å². The Morgan fingerprint density at radius 1 is 0.515 bits per heavy atom. The molecule has 1 fully saturated rings. The van der Waals surface area contributed by atoms with Crippen LogP contribution in [0.3, 0.4) is 0 Å². The molecule has 7 atom stereocenters. The highest BCUT2D eigenvalue weighted by Gasteiger charge is 2.44. The van der Waals surface area contributed by atoms with Crippen LogP contribution in [-0.4, -0.2) is 87.5 Å². The van der Waals surface area contributed by atoms with Crippen molar-refractivity contribution >= 4 is 5.91 Å². The van der Waals surface area contributed by atoms with Crippen LogP contribution in [0.2, 0.25) is 0 Å². The number of ether oxygens (including phenoxy) is 2. The van der Waals surface area contributed by atoms with E-state index in [2.05, 4.69) is 129 Å². The third-order valence-electron chi connectivity index (χ3n) is 12.1. The summed E-state index contributed by atoms with van der Waals surface area (Å²) < 4.78 is 11.3. The van der Waals surface area contributed by atoms with E-state index in [0.29, 0.717) is 12.8 Å². The first-order chi connectivity index (χ1) is 33.3. The van der Waals surface area contributed by atoms with Crippen LogP contribution < -0.4 is 5.32 Å². The molecule has 0 bridgehead atoms. The SMILES string of the molecule is CC/C=C\C/C=C\C/C=C\C/C=C\C/C=C\C/C=C\C/C=C\C/C=C\C/C=C\CCCCCCCC(=O)NC(COC1OC(CO)C(O)C(O)C1O)C(O)CCCCCCCCCCCCCC. The van der Waals surface area contributed by atoms with Crippen molar-refractivity contribution in [3.8, 4) is 0 Å². The van der Waals surface area contributed by atoms with Gasteiger partial charge in [0, 0.05) is 6.42 Å². The Morgan fingerprint density at radius 3 is 1.35 bits per heavy atom.